The maximum absolute atomic E-state index is 11.4. The van der Waals surface area contributed by atoms with Crippen LogP contribution in [0.4, 0.5) is 0 Å². The fraction of sp³-hybridized carbons (Fsp3) is 0.600. The molecule has 16 heavy (non-hydrogen) atoms. The van der Waals surface area contributed by atoms with Crippen LogP contribution in [0, 0.1) is 0 Å². The van der Waals surface area contributed by atoms with E-state index >= 15 is 0 Å². The third kappa shape index (κ3) is 5.46. The minimum atomic E-state index is -0.691. The van der Waals surface area contributed by atoms with Gasteiger partial charge in [-0.15, -0.1) is 25.3 Å². The van der Waals surface area contributed by atoms with Crippen LogP contribution < -0.4 is 0 Å². The minimum absolute atomic E-state index is 0.150. The van der Waals surface area contributed by atoms with Crippen LogP contribution in [0.15, 0.2) is 9.81 Å². The number of hydrogen-bond acceptors (Lipinski definition) is 6. The van der Waals surface area contributed by atoms with Crippen molar-refractivity contribution in [3.8, 4) is 0 Å². The molecule has 92 valence electrons. The zero-order valence-electron chi connectivity index (χ0n) is 9.68. The molecule has 0 fully saturated rings. The van der Waals surface area contributed by atoms with Crippen LogP contribution in [0.3, 0.4) is 0 Å². The molecule has 0 amide bonds. The molecule has 0 rings (SSSR count). The van der Waals surface area contributed by atoms with Crippen molar-refractivity contribution in [2.45, 2.75) is 39.9 Å². The van der Waals surface area contributed by atoms with Gasteiger partial charge in [0.2, 0.25) is 0 Å². The van der Waals surface area contributed by atoms with E-state index in [-0.39, 0.29) is 22.0 Å². The summed E-state index contributed by atoms with van der Waals surface area (Å²) >= 11 is 7.77. The summed E-state index contributed by atoms with van der Waals surface area (Å²) in [6.07, 6.45) is -0.561. The molecule has 0 aromatic rings. The largest absolute Gasteiger partial charge is 0.459 e. The average molecular weight is 264 g/mol. The van der Waals surface area contributed by atoms with Gasteiger partial charge in [0.1, 0.15) is 9.81 Å². The molecule has 4 nitrogen and oxygen atoms in total. The Morgan fingerprint density at radius 2 is 1.06 bits per heavy atom. The first kappa shape index (κ1) is 15.4. The highest BCUT2D eigenvalue weighted by atomic mass is 32.1. The van der Waals surface area contributed by atoms with Gasteiger partial charge in [-0.05, 0) is 27.7 Å². The Morgan fingerprint density at radius 1 is 0.812 bits per heavy atom. The molecule has 0 aliphatic rings. The van der Waals surface area contributed by atoms with E-state index in [1.165, 1.54) is 0 Å². The van der Waals surface area contributed by atoms with Crippen LogP contribution in [0.1, 0.15) is 27.7 Å². The number of carbonyl (C=O) groups is 2. The molecule has 0 aromatic heterocycles. The molecular formula is C10H16O4S2. The van der Waals surface area contributed by atoms with Crippen LogP contribution >= 0.6 is 25.3 Å². The smallest absolute Gasteiger partial charge is 0.346 e. The second-order valence-electron chi connectivity index (χ2n) is 3.61. The zero-order valence-corrected chi connectivity index (χ0v) is 11.5. The molecule has 0 aliphatic heterocycles. The highest BCUT2D eigenvalue weighted by Crippen LogP contribution is 2.17. The van der Waals surface area contributed by atoms with E-state index in [9.17, 15) is 9.59 Å². The van der Waals surface area contributed by atoms with Gasteiger partial charge in [-0.3, -0.25) is 0 Å². The van der Waals surface area contributed by atoms with Gasteiger partial charge in [0.05, 0.1) is 12.2 Å². The summed E-state index contributed by atoms with van der Waals surface area (Å²) < 4.78 is 9.72. The second kappa shape index (κ2) is 6.85. The van der Waals surface area contributed by atoms with Gasteiger partial charge in [-0.1, -0.05) is 0 Å². The van der Waals surface area contributed by atoms with E-state index in [4.69, 9.17) is 9.47 Å². The first-order valence-electron chi connectivity index (χ1n) is 4.79. The lowest BCUT2D eigenvalue weighted by molar-refractivity contribution is -0.144. The van der Waals surface area contributed by atoms with Crippen molar-refractivity contribution in [1.29, 1.82) is 0 Å². The van der Waals surface area contributed by atoms with Crippen LogP contribution in [-0.4, -0.2) is 24.1 Å². The summed E-state index contributed by atoms with van der Waals surface area (Å²) in [6.45, 7) is 6.79. The lowest BCUT2D eigenvalue weighted by Gasteiger charge is -2.11. The van der Waals surface area contributed by atoms with Crippen molar-refractivity contribution in [2.24, 2.45) is 0 Å². The molecule has 0 radical (unpaired) electrons. The Balaban J connectivity index is 4.68. The van der Waals surface area contributed by atoms with Crippen LogP contribution in [-0.2, 0) is 19.1 Å². The number of thiol groups is 2. The number of esters is 2. The standard InChI is InChI=1S/C10H16O4S2/c1-5(2)13-9(11)7(15)8(16)10(12)14-6(3)4/h5-6,15-16H,1-4H3/b8-7-. The van der Waals surface area contributed by atoms with Crippen molar-refractivity contribution in [2.75, 3.05) is 0 Å². The number of hydrogen-bond donors (Lipinski definition) is 2. The van der Waals surface area contributed by atoms with E-state index in [1.807, 2.05) is 0 Å². The molecule has 0 saturated carbocycles. The normalized spacial score (nSPS) is 12.5. The van der Waals surface area contributed by atoms with E-state index in [1.54, 1.807) is 27.7 Å². The molecule has 0 unspecified atom stereocenters. The first-order valence-corrected chi connectivity index (χ1v) is 5.69. The summed E-state index contributed by atoms with van der Waals surface area (Å²) in [5.74, 6) is -1.38. The summed E-state index contributed by atoms with van der Waals surface area (Å²) in [5.41, 5.74) is 0. The quantitative estimate of drug-likeness (QED) is 0.463. The number of rotatable bonds is 4. The Kier molecular flexibility index (Phi) is 6.59. The fourth-order valence-electron chi connectivity index (χ4n) is 0.733. The van der Waals surface area contributed by atoms with Crippen LogP contribution in [0.5, 0.6) is 0 Å². The van der Waals surface area contributed by atoms with Crippen molar-refractivity contribution < 1.29 is 19.1 Å². The van der Waals surface area contributed by atoms with E-state index in [0.29, 0.717) is 0 Å². The minimum Gasteiger partial charge on any atom is -0.459 e. The molecule has 0 aliphatic carbocycles. The highest BCUT2D eigenvalue weighted by molar-refractivity contribution is 7.90. The molecular weight excluding hydrogens is 248 g/mol. The lowest BCUT2D eigenvalue weighted by Crippen LogP contribution is -2.16. The molecule has 0 heterocycles. The first-order chi connectivity index (χ1) is 7.25. The van der Waals surface area contributed by atoms with Crippen molar-refractivity contribution in [3.05, 3.63) is 9.81 Å². The van der Waals surface area contributed by atoms with E-state index in [0.717, 1.165) is 0 Å². The van der Waals surface area contributed by atoms with Crippen molar-refractivity contribution in [3.63, 3.8) is 0 Å². The molecule has 0 spiro atoms. The summed E-state index contributed by atoms with van der Waals surface area (Å²) in [4.78, 5) is 22.4. The topological polar surface area (TPSA) is 52.6 Å². The fourth-order valence-corrected chi connectivity index (χ4v) is 1.02. The molecule has 0 saturated heterocycles. The van der Waals surface area contributed by atoms with Gasteiger partial charge >= 0.3 is 11.9 Å². The van der Waals surface area contributed by atoms with Crippen LogP contribution in [0.25, 0.3) is 0 Å². The third-order valence-corrected chi connectivity index (χ3v) is 2.29. The Labute approximate surface area is 106 Å². The number of carbonyl (C=O) groups excluding carboxylic acids is 2. The van der Waals surface area contributed by atoms with Gasteiger partial charge in [0.25, 0.3) is 0 Å². The molecule has 6 heteroatoms. The number of ether oxygens (including phenoxy) is 2. The Morgan fingerprint density at radius 3 is 1.25 bits per heavy atom. The maximum Gasteiger partial charge on any atom is 0.346 e. The predicted octanol–water partition coefficient (Wildman–Crippen LogP) is 1.96. The van der Waals surface area contributed by atoms with Gasteiger partial charge in [-0.2, -0.15) is 0 Å². The SMILES string of the molecule is CC(C)OC(=O)/C(S)=C(/S)C(=O)OC(C)C. The van der Waals surface area contributed by atoms with E-state index < -0.39 is 11.9 Å². The van der Waals surface area contributed by atoms with Crippen molar-refractivity contribution >= 4 is 37.2 Å². The Hall–Kier alpha value is -0.620. The molecule has 0 bridgehead atoms. The maximum atomic E-state index is 11.4. The van der Waals surface area contributed by atoms with Crippen molar-refractivity contribution in [1.82, 2.24) is 0 Å². The summed E-state index contributed by atoms with van der Waals surface area (Å²) in [5, 5.41) is 0. The van der Waals surface area contributed by atoms with Gasteiger partial charge < -0.3 is 9.47 Å². The van der Waals surface area contributed by atoms with Gasteiger partial charge in [0, 0.05) is 0 Å². The third-order valence-electron chi connectivity index (χ3n) is 1.30. The predicted molar refractivity (Wildman–Crippen MR) is 67.5 cm³/mol. The average Bonchev–Trinajstić information content (AvgIpc) is 2.13. The zero-order chi connectivity index (χ0) is 12.9. The lowest BCUT2D eigenvalue weighted by atomic mass is 10.4. The monoisotopic (exact) mass is 264 g/mol. The van der Waals surface area contributed by atoms with E-state index in [2.05, 4.69) is 25.3 Å². The molecule has 0 aromatic carbocycles. The van der Waals surface area contributed by atoms with Gasteiger partial charge in [-0.25, -0.2) is 9.59 Å². The van der Waals surface area contributed by atoms with Crippen LogP contribution in [0.2, 0.25) is 0 Å². The molecule has 0 N–H and O–H groups in total. The summed E-state index contributed by atoms with van der Waals surface area (Å²) in [7, 11) is 0. The molecule has 0 atom stereocenters. The highest BCUT2D eigenvalue weighted by Gasteiger charge is 2.19. The Bertz CT molecular complexity index is 278. The van der Waals surface area contributed by atoms with Gasteiger partial charge in [0.15, 0.2) is 0 Å². The summed E-state index contributed by atoms with van der Waals surface area (Å²) in [6, 6.07) is 0. The second-order valence-corrected chi connectivity index (χ2v) is 4.50.